The van der Waals surface area contributed by atoms with Crippen molar-refractivity contribution < 1.29 is 14.3 Å². The molecule has 0 amide bonds. The van der Waals surface area contributed by atoms with Crippen LogP contribution in [0.1, 0.15) is 48.8 Å². The van der Waals surface area contributed by atoms with Crippen molar-refractivity contribution >= 4 is 57.3 Å². The molecule has 1 aliphatic heterocycles. The van der Waals surface area contributed by atoms with Crippen LogP contribution in [0, 0.1) is 12.7 Å². The molecular formula is C30H43BrCl2FN5O2. The standard InChI is InChI=1S/C14H20ClFN2.C8H11BrN2.C6H6ClN.CH4O.CH2O/c1-2-3-8-18-9-7-11(14(18)17)10-5-4-6-12(15)13(10)16;1-5-2-8(11)6(4-10)3-7(5)9;7-5-2-1-3-6(8)4-5;2*1-2/h4-6,11,14H,2-3,7-9,17H2,1H3;2-3H,4,10-11H2,1H3;1-4H,8H2;2H,1H3;1H2. The molecule has 1 saturated heterocycles. The molecular weight excluding hydrogens is 632 g/mol. The van der Waals surface area contributed by atoms with Gasteiger partial charge in [0.05, 0.1) is 11.2 Å². The van der Waals surface area contributed by atoms with Gasteiger partial charge in [0.1, 0.15) is 12.6 Å². The quantitative estimate of drug-likeness (QED) is 0.194. The molecule has 9 N–H and O–H groups in total. The van der Waals surface area contributed by atoms with E-state index in [9.17, 15) is 4.39 Å². The highest BCUT2D eigenvalue weighted by Crippen LogP contribution is 2.34. The third-order valence-corrected chi connectivity index (χ3v) is 7.61. The summed E-state index contributed by atoms with van der Waals surface area (Å²) in [4.78, 5) is 10.2. The Hall–Kier alpha value is -2.24. The highest BCUT2D eigenvalue weighted by atomic mass is 79.9. The lowest BCUT2D eigenvalue weighted by atomic mass is 9.95. The van der Waals surface area contributed by atoms with Gasteiger partial charge in [-0.2, -0.15) is 0 Å². The molecule has 41 heavy (non-hydrogen) atoms. The summed E-state index contributed by atoms with van der Waals surface area (Å²) < 4.78 is 15.1. The van der Waals surface area contributed by atoms with Crippen LogP contribution in [-0.2, 0) is 11.3 Å². The smallest absolute Gasteiger partial charge is 0.145 e. The molecule has 1 fully saturated rings. The molecule has 0 aliphatic carbocycles. The molecule has 0 aromatic heterocycles. The van der Waals surface area contributed by atoms with E-state index in [-0.39, 0.29) is 22.9 Å². The minimum Gasteiger partial charge on any atom is -0.400 e. The number of anilines is 2. The average Bonchev–Trinajstić information content (AvgIpc) is 3.33. The Kier molecular flexibility index (Phi) is 20.3. The van der Waals surface area contributed by atoms with Crippen molar-refractivity contribution in [2.24, 2.45) is 11.5 Å². The lowest BCUT2D eigenvalue weighted by Crippen LogP contribution is -2.40. The van der Waals surface area contributed by atoms with E-state index in [0.29, 0.717) is 22.8 Å². The van der Waals surface area contributed by atoms with E-state index < -0.39 is 0 Å². The molecule has 0 bridgehead atoms. The second-order valence-electron chi connectivity index (χ2n) is 8.98. The highest BCUT2D eigenvalue weighted by Gasteiger charge is 2.33. The molecule has 0 spiro atoms. The number of unbranched alkanes of at least 4 members (excludes halogenated alkanes) is 1. The summed E-state index contributed by atoms with van der Waals surface area (Å²) in [6, 6.07) is 16.2. The number of carbonyl (C=O) groups is 1. The van der Waals surface area contributed by atoms with Crippen LogP contribution in [0.25, 0.3) is 0 Å². The number of aliphatic hydroxyl groups is 1. The first-order chi connectivity index (χ1) is 19.6. The monoisotopic (exact) mass is 673 g/mol. The number of aryl methyl sites for hydroxylation is 1. The number of likely N-dealkylation sites (tertiary alicyclic amines) is 1. The van der Waals surface area contributed by atoms with E-state index in [1.807, 2.05) is 31.9 Å². The van der Waals surface area contributed by atoms with Gasteiger partial charge in [0.2, 0.25) is 0 Å². The topological polar surface area (TPSA) is 145 Å². The van der Waals surface area contributed by atoms with E-state index in [2.05, 4.69) is 27.8 Å². The number of nitrogen functional groups attached to an aromatic ring is 2. The van der Waals surface area contributed by atoms with Crippen molar-refractivity contribution in [1.29, 1.82) is 0 Å². The Morgan fingerprint density at radius 3 is 2.27 bits per heavy atom. The fourth-order valence-corrected chi connectivity index (χ4v) is 4.85. The maximum Gasteiger partial charge on any atom is 0.145 e. The first-order valence-corrected chi connectivity index (χ1v) is 14.6. The zero-order valence-corrected chi connectivity index (χ0v) is 27.0. The Morgan fingerprint density at radius 2 is 1.73 bits per heavy atom. The van der Waals surface area contributed by atoms with Gasteiger partial charge in [-0.3, -0.25) is 4.90 Å². The van der Waals surface area contributed by atoms with E-state index in [1.54, 1.807) is 36.4 Å². The zero-order valence-electron chi connectivity index (χ0n) is 23.9. The van der Waals surface area contributed by atoms with Crippen LogP contribution in [0.5, 0.6) is 0 Å². The largest absolute Gasteiger partial charge is 0.400 e. The fourth-order valence-electron chi connectivity index (χ4n) is 4.08. The maximum atomic E-state index is 14.0. The molecule has 2 unspecified atom stereocenters. The van der Waals surface area contributed by atoms with E-state index in [1.165, 1.54) is 0 Å². The van der Waals surface area contributed by atoms with Gasteiger partial charge in [0.25, 0.3) is 0 Å². The summed E-state index contributed by atoms with van der Waals surface area (Å²) in [7, 11) is 1.00. The van der Waals surface area contributed by atoms with Crippen molar-refractivity contribution in [1.82, 2.24) is 4.90 Å². The molecule has 2 atom stereocenters. The van der Waals surface area contributed by atoms with Crippen LogP contribution in [0.3, 0.4) is 0 Å². The molecule has 11 heteroatoms. The van der Waals surface area contributed by atoms with Crippen LogP contribution in [-0.4, -0.2) is 43.2 Å². The average molecular weight is 676 g/mol. The second kappa shape index (κ2) is 21.5. The number of carbonyl (C=O) groups excluding carboxylic acids is 1. The second-order valence-corrected chi connectivity index (χ2v) is 10.7. The number of aliphatic hydroxyl groups excluding tert-OH is 1. The summed E-state index contributed by atoms with van der Waals surface area (Å²) >= 11 is 14.8. The lowest BCUT2D eigenvalue weighted by molar-refractivity contribution is -0.0980. The zero-order chi connectivity index (χ0) is 31.5. The Balaban J connectivity index is 0.000000595. The number of nitrogens with zero attached hydrogens (tertiary/aromatic N) is 1. The molecule has 1 heterocycles. The minimum atomic E-state index is -0.308. The summed E-state index contributed by atoms with van der Waals surface area (Å²) in [5.41, 5.74) is 27.0. The molecule has 4 rings (SSSR count). The fraction of sp³-hybridized carbons (Fsp3) is 0.367. The number of hydrogen-bond acceptors (Lipinski definition) is 7. The lowest BCUT2D eigenvalue weighted by Gasteiger charge is -2.24. The first-order valence-electron chi connectivity index (χ1n) is 13.0. The number of halogens is 4. The number of rotatable bonds is 5. The third kappa shape index (κ3) is 13.1. The van der Waals surface area contributed by atoms with Gasteiger partial charge in [-0.25, -0.2) is 4.39 Å². The van der Waals surface area contributed by atoms with Gasteiger partial charge >= 0.3 is 0 Å². The molecule has 3 aromatic rings. The predicted octanol–water partition coefficient (Wildman–Crippen LogP) is 6.50. The molecule has 0 radical (unpaired) electrons. The van der Waals surface area contributed by atoms with E-state index in [0.717, 1.165) is 60.7 Å². The first kappa shape index (κ1) is 38.8. The molecule has 7 nitrogen and oxygen atoms in total. The normalized spacial score (nSPS) is 15.6. The van der Waals surface area contributed by atoms with Crippen LogP contribution in [0.2, 0.25) is 10.0 Å². The maximum absolute atomic E-state index is 14.0. The van der Waals surface area contributed by atoms with Crippen molar-refractivity contribution in [3.05, 3.63) is 91.6 Å². The van der Waals surface area contributed by atoms with E-state index in [4.69, 9.17) is 56.0 Å². The van der Waals surface area contributed by atoms with Gasteiger partial charge in [0, 0.05) is 47.0 Å². The minimum absolute atomic E-state index is 0.0561. The number of nitrogens with two attached hydrogens (primary N) is 4. The molecule has 3 aromatic carbocycles. The Morgan fingerprint density at radius 1 is 1.10 bits per heavy atom. The summed E-state index contributed by atoms with van der Waals surface area (Å²) in [6.45, 7) is 8.59. The SMILES string of the molecule is C=O.CCCCN1CCC(c2cccc(Cl)c2F)C1N.CO.Cc1cc(N)c(CN)cc1Br.Nc1cccc(Cl)c1. The summed E-state index contributed by atoms with van der Waals surface area (Å²) in [5, 5.41) is 7.87. The van der Waals surface area contributed by atoms with Crippen molar-refractivity contribution in [2.45, 2.75) is 51.7 Å². The van der Waals surface area contributed by atoms with Crippen LogP contribution in [0.15, 0.2) is 59.1 Å². The Labute approximate surface area is 262 Å². The van der Waals surface area contributed by atoms with Gasteiger partial charge in [0.15, 0.2) is 0 Å². The van der Waals surface area contributed by atoms with Gasteiger partial charge < -0.3 is 32.8 Å². The van der Waals surface area contributed by atoms with E-state index >= 15 is 0 Å². The van der Waals surface area contributed by atoms with Crippen molar-refractivity contribution in [3.63, 3.8) is 0 Å². The third-order valence-electron chi connectivity index (χ3n) is 6.23. The predicted molar refractivity (Wildman–Crippen MR) is 176 cm³/mol. The highest BCUT2D eigenvalue weighted by molar-refractivity contribution is 9.10. The van der Waals surface area contributed by atoms with Gasteiger partial charge in [-0.05, 0) is 79.4 Å². The van der Waals surface area contributed by atoms with Crippen LogP contribution in [0.4, 0.5) is 15.8 Å². The van der Waals surface area contributed by atoms with Crippen LogP contribution < -0.4 is 22.9 Å². The summed E-state index contributed by atoms with van der Waals surface area (Å²) in [6.07, 6.45) is 3.10. The van der Waals surface area contributed by atoms with Crippen molar-refractivity contribution in [2.75, 3.05) is 31.7 Å². The molecule has 1 aliphatic rings. The number of hydrogen-bond donors (Lipinski definition) is 5. The van der Waals surface area contributed by atoms with Crippen molar-refractivity contribution in [3.8, 4) is 0 Å². The van der Waals surface area contributed by atoms with Gasteiger partial charge in [-0.15, -0.1) is 0 Å². The summed E-state index contributed by atoms with van der Waals surface area (Å²) in [5.74, 6) is -0.252. The molecule has 228 valence electrons. The Bertz CT molecular complexity index is 1160. The number of benzene rings is 3. The molecule has 0 saturated carbocycles. The van der Waals surface area contributed by atoms with Crippen LogP contribution >= 0.6 is 39.1 Å². The van der Waals surface area contributed by atoms with Gasteiger partial charge in [-0.1, -0.05) is 70.7 Å².